The standard InChI is InChI=1S/C24H26N2O6/c1-28-16-9-7-15(8-10-16)14-30-23-11-18(19-13-25-20-6-4-3-5-17(19)20)21-12-22(24(27)29-2)31-26(21)32-23/h3-10,13,18,21-23,25H,11-12,14H2,1-2H3. The Morgan fingerprint density at radius 3 is 2.69 bits per heavy atom. The highest BCUT2D eigenvalue weighted by Gasteiger charge is 2.49. The normalized spacial score (nSPS) is 25.6. The maximum absolute atomic E-state index is 12.1. The van der Waals surface area contributed by atoms with Crippen molar-refractivity contribution in [3.8, 4) is 5.75 Å². The predicted octanol–water partition coefficient (Wildman–Crippen LogP) is 3.69. The zero-order valence-corrected chi connectivity index (χ0v) is 18.0. The minimum absolute atomic E-state index is 0.0513. The van der Waals surface area contributed by atoms with Crippen LogP contribution < -0.4 is 4.74 Å². The van der Waals surface area contributed by atoms with E-state index in [1.807, 2.05) is 42.6 Å². The van der Waals surface area contributed by atoms with Crippen LogP contribution in [0.5, 0.6) is 5.75 Å². The number of hydrogen-bond donors (Lipinski definition) is 1. The molecule has 3 aromatic rings. The van der Waals surface area contributed by atoms with Crippen molar-refractivity contribution in [1.29, 1.82) is 0 Å². The number of aromatic amines is 1. The molecule has 1 N–H and O–H groups in total. The molecule has 2 aromatic carbocycles. The average Bonchev–Trinajstić information content (AvgIpc) is 3.46. The number of H-pyrrole nitrogens is 1. The van der Waals surface area contributed by atoms with Gasteiger partial charge in [0.2, 0.25) is 0 Å². The van der Waals surface area contributed by atoms with Crippen molar-refractivity contribution in [2.24, 2.45) is 0 Å². The van der Waals surface area contributed by atoms with Gasteiger partial charge in [0, 0.05) is 35.9 Å². The second kappa shape index (κ2) is 8.91. The number of esters is 1. The van der Waals surface area contributed by atoms with Gasteiger partial charge in [0.15, 0.2) is 12.4 Å². The van der Waals surface area contributed by atoms with E-state index in [1.165, 1.54) is 12.3 Å². The molecule has 0 amide bonds. The summed E-state index contributed by atoms with van der Waals surface area (Å²) in [5.41, 5.74) is 3.24. The van der Waals surface area contributed by atoms with E-state index in [1.54, 1.807) is 7.11 Å². The Kier molecular flexibility index (Phi) is 5.84. The first kappa shape index (κ1) is 21.0. The molecule has 32 heavy (non-hydrogen) atoms. The number of benzene rings is 2. The largest absolute Gasteiger partial charge is 0.497 e. The van der Waals surface area contributed by atoms with E-state index in [4.69, 9.17) is 23.9 Å². The topological polar surface area (TPSA) is 82.3 Å². The lowest BCUT2D eigenvalue weighted by atomic mass is 9.85. The highest BCUT2D eigenvalue weighted by molar-refractivity contribution is 5.83. The molecule has 4 unspecified atom stereocenters. The first-order valence-corrected chi connectivity index (χ1v) is 10.7. The highest BCUT2D eigenvalue weighted by Crippen LogP contribution is 2.43. The van der Waals surface area contributed by atoms with Gasteiger partial charge in [0.1, 0.15) is 5.75 Å². The first-order valence-electron chi connectivity index (χ1n) is 10.7. The summed E-state index contributed by atoms with van der Waals surface area (Å²) in [5.74, 6) is 0.441. The molecule has 168 valence electrons. The Labute approximate surface area is 185 Å². The molecule has 1 aromatic heterocycles. The van der Waals surface area contributed by atoms with Crippen molar-refractivity contribution < 1.29 is 28.7 Å². The van der Waals surface area contributed by atoms with Crippen LogP contribution in [-0.4, -0.2) is 48.8 Å². The molecule has 3 heterocycles. The summed E-state index contributed by atoms with van der Waals surface area (Å²) in [4.78, 5) is 27.3. The summed E-state index contributed by atoms with van der Waals surface area (Å²) in [6.45, 7) is 0.383. The Morgan fingerprint density at radius 2 is 1.91 bits per heavy atom. The lowest BCUT2D eigenvalue weighted by Crippen LogP contribution is -2.44. The minimum Gasteiger partial charge on any atom is -0.497 e. The number of carbonyl (C=O) groups excluding carboxylic acids is 1. The molecule has 2 saturated heterocycles. The third kappa shape index (κ3) is 3.98. The molecule has 2 fully saturated rings. The Bertz CT molecular complexity index is 1080. The monoisotopic (exact) mass is 438 g/mol. The van der Waals surface area contributed by atoms with E-state index in [2.05, 4.69) is 17.1 Å². The Hall–Kier alpha value is -2.91. The number of hydroxylamine groups is 2. The molecule has 2 aliphatic rings. The molecule has 8 heteroatoms. The van der Waals surface area contributed by atoms with Crippen LogP contribution in [0.4, 0.5) is 0 Å². The molecule has 4 atom stereocenters. The van der Waals surface area contributed by atoms with Gasteiger partial charge >= 0.3 is 5.97 Å². The van der Waals surface area contributed by atoms with Crippen molar-refractivity contribution >= 4 is 16.9 Å². The van der Waals surface area contributed by atoms with Crippen LogP contribution in [-0.2, 0) is 30.6 Å². The lowest BCUT2D eigenvalue weighted by Gasteiger charge is -2.38. The average molecular weight is 438 g/mol. The van der Waals surface area contributed by atoms with E-state index in [0.717, 1.165) is 27.8 Å². The zero-order chi connectivity index (χ0) is 22.1. The SMILES string of the molecule is COC(=O)C1CC2C(c3c[nH]c4ccccc34)CC(OCc3ccc(OC)cc3)ON2O1. The van der Waals surface area contributed by atoms with Gasteiger partial charge in [0.05, 0.1) is 26.9 Å². The van der Waals surface area contributed by atoms with E-state index in [9.17, 15) is 4.79 Å². The fraction of sp³-hybridized carbons (Fsp3) is 0.375. The number of para-hydroxylation sites is 1. The van der Waals surface area contributed by atoms with Crippen molar-refractivity contribution in [3.63, 3.8) is 0 Å². The maximum atomic E-state index is 12.1. The van der Waals surface area contributed by atoms with Crippen molar-refractivity contribution in [1.82, 2.24) is 10.2 Å². The third-order valence-electron chi connectivity index (χ3n) is 6.17. The van der Waals surface area contributed by atoms with Crippen LogP contribution in [0.25, 0.3) is 10.9 Å². The molecule has 8 nitrogen and oxygen atoms in total. The van der Waals surface area contributed by atoms with Crippen LogP contribution in [0.2, 0.25) is 0 Å². The predicted molar refractivity (Wildman–Crippen MR) is 115 cm³/mol. The first-order chi connectivity index (χ1) is 15.7. The number of methoxy groups -OCH3 is 2. The number of hydrogen-bond acceptors (Lipinski definition) is 7. The molecule has 0 bridgehead atoms. The van der Waals surface area contributed by atoms with Gasteiger partial charge in [-0.05, 0) is 29.3 Å². The number of rotatable bonds is 6. The van der Waals surface area contributed by atoms with Crippen LogP contribution in [0.3, 0.4) is 0 Å². The fourth-order valence-corrected chi connectivity index (χ4v) is 4.50. The zero-order valence-electron chi connectivity index (χ0n) is 18.0. The van der Waals surface area contributed by atoms with E-state index in [0.29, 0.717) is 19.4 Å². The summed E-state index contributed by atoms with van der Waals surface area (Å²) in [5, 5.41) is 2.59. The minimum atomic E-state index is -0.696. The van der Waals surface area contributed by atoms with E-state index >= 15 is 0 Å². The third-order valence-corrected chi connectivity index (χ3v) is 6.17. The van der Waals surface area contributed by atoms with Crippen LogP contribution in [0.1, 0.15) is 29.9 Å². The summed E-state index contributed by atoms with van der Waals surface area (Å²) >= 11 is 0. The van der Waals surface area contributed by atoms with Crippen LogP contribution in [0, 0.1) is 0 Å². The molecular weight excluding hydrogens is 412 g/mol. The summed E-state index contributed by atoms with van der Waals surface area (Å²) in [6.07, 6.45) is 1.94. The number of nitrogens with one attached hydrogen (secondary N) is 1. The maximum Gasteiger partial charge on any atom is 0.337 e. The fourth-order valence-electron chi connectivity index (χ4n) is 4.50. The molecule has 2 aliphatic heterocycles. The molecule has 0 aliphatic carbocycles. The number of ether oxygens (including phenoxy) is 3. The van der Waals surface area contributed by atoms with Gasteiger partial charge in [-0.2, -0.15) is 0 Å². The molecular formula is C24H26N2O6. The summed E-state index contributed by atoms with van der Waals surface area (Å²) in [7, 11) is 3.00. The smallest absolute Gasteiger partial charge is 0.337 e. The molecule has 0 spiro atoms. The highest BCUT2D eigenvalue weighted by atomic mass is 17.0. The second-order valence-corrected chi connectivity index (χ2v) is 8.03. The van der Waals surface area contributed by atoms with E-state index < -0.39 is 18.4 Å². The van der Waals surface area contributed by atoms with Crippen LogP contribution in [0.15, 0.2) is 54.7 Å². The van der Waals surface area contributed by atoms with Gasteiger partial charge < -0.3 is 19.2 Å². The van der Waals surface area contributed by atoms with Gasteiger partial charge in [-0.3, -0.25) is 4.84 Å². The summed E-state index contributed by atoms with van der Waals surface area (Å²) in [6, 6.07) is 15.8. The van der Waals surface area contributed by atoms with Gasteiger partial charge in [-0.15, -0.1) is 0 Å². The number of carbonyl (C=O) groups is 1. The molecule has 0 saturated carbocycles. The van der Waals surface area contributed by atoms with Gasteiger partial charge in [-0.1, -0.05) is 35.6 Å². The lowest BCUT2D eigenvalue weighted by molar-refractivity contribution is -0.437. The molecule has 5 rings (SSSR count). The second-order valence-electron chi connectivity index (χ2n) is 8.03. The van der Waals surface area contributed by atoms with Crippen molar-refractivity contribution in [3.05, 3.63) is 65.9 Å². The van der Waals surface area contributed by atoms with Crippen LogP contribution >= 0.6 is 0 Å². The van der Waals surface area contributed by atoms with Crippen molar-refractivity contribution in [2.45, 2.75) is 43.8 Å². The van der Waals surface area contributed by atoms with Crippen molar-refractivity contribution in [2.75, 3.05) is 14.2 Å². The quantitative estimate of drug-likeness (QED) is 0.588. The number of nitrogens with zero attached hydrogens (tertiary/aromatic N) is 1. The van der Waals surface area contributed by atoms with E-state index in [-0.39, 0.29) is 12.0 Å². The Morgan fingerprint density at radius 1 is 1.09 bits per heavy atom. The molecule has 0 radical (unpaired) electrons. The summed E-state index contributed by atoms with van der Waals surface area (Å²) < 4.78 is 16.2. The van der Waals surface area contributed by atoms with Gasteiger partial charge in [-0.25, -0.2) is 9.63 Å². The Balaban J connectivity index is 1.38. The van der Waals surface area contributed by atoms with Gasteiger partial charge in [0.25, 0.3) is 0 Å². The number of fused-ring (bicyclic) bond motifs is 2. The number of aromatic nitrogens is 1.